The van der Waals surface area contributed by atoms with Gasteiger partial charge in [-0.05, 0) is 13.8 Å². The van der Waals surface area contributed by atoms with Crippen LogP contribution in [0.5, 0.6) is 0 Å². The summed E-state index contributed by atoms with van der Waals surface area (Å²) < 4.78 is 12.8. The van der Waals surface area contributed by atoms with Gasteiger partial charge in [-0.2, -0.15) is 12.1 Å². The van der Waals surface area contributed by atoms with Gasteiger partial charge in [0.15, 0.2) is 0 Å². The maximum absolute atomic E-state index is 12.8. The number of halogens is 2. The van der Waals surface area contributed by atoms with E-state index in [2.05, 4.69) is 11.0 Å². The third kappa shape index (κ3) is 4.62. The molecule has 1 aromatic rings. The van der Waals surface area contributed by atoms with Gasteiger partial charge in [-0.1, -0.05) is 5.69 Å². The maximum Gasteiger partial charge on any atom is 2.00 e. The fourth-order valence-corrected chi connectivity index (χ4v) is 1.17. The monoisotopic (exact) mass is 269 g/mol. The molecular formula is C10H13BrFMgN. The normalized spacial score (nSPS) is 8.50. The molecule has 0 aliphatic heterocycles. The second kappa shape index (κ2) is 8.50. The van der Waals surface area contributed by atoms with E-state index in [-0.39, 0.29) is 45.9 Å². The van der Waals surface area contributed by atoms with E-state index >= 15 is 0 Å². The van der Waals surface area contributed by atoms with Gasteiger partial charge in [0.2, 0.25) is 0 Å². The van der Waals surface area contributed by atoms with Crippen LogP contribution in [0.15, 0.2) is 18.2 Å². The standard InChI is InChI=1S/C10H13FN.BrH.Mg/c1-3-12(4-2)10-7-5-6-9(11)8-10;;/h5-6,8H,3-4H2,1-2H3;1H;/q-1;;+2/p-1. The van der Waals surface area contributed by atoms with Gasteiger partial charge in [-0.3, -0.25) is 0 Å². The van der Waals surface area contributed by atoms with Gasteiger partial charge in [0.25, 0.3) is 0 Å². The average molecular weight is 270 g/mol. The van der Waals surface area contributed by atoms with Gasteiger partial charge in [0, 0.05) is 18.9 Å². The van der Waals surface area contributed by atoms with E-state index in [0.29, 0.717) is 0 Å². The molecule has 1 aromatic carbocycles. The summed E-state index contributed by atoms with van der Waals surface area (Å²) >= 11 is 0. The van der Waals surface area contributed by atoms with Crippen LogP contribution in [0.4, 0.5) is 10.1 Å². The summed E-state index contributed by atoms with van der Waals surface area (Å²) in [6.45, 7) is 5.86. The van der Waals surface area contributed by atoms with Crippen molar-refractivity contribution in [3.05, 3.63) is 30.1 Å². The SMILES string of the molecule is CCN(CC)c1[c-]ccc(F)c1.[Br-].[Mg+2]. The predicted molar refractivity (Wildman–Crippen MR) is 54.6 cm³/mol. The van der Waals surface area contributed by atoms with Gasteiger partial charge in [0.1, 0.15) is 0 Å². The van der Waals surface area contributed by atoms with Crippen LogP contribution in [-0.4, -0.2) is 36.1 Å². The summed E-state index contributed by atoms with van der Waals surface area (Å²) in [4.78, 5) is 2.06. The van der Waals surface area contributed by atoms with E-state index < -0.39 is 0 Å². The molecule has 1 rings (SSSR count). The van der Waals surface area contributed by atoms with E-state index in [1.807, 2.05) is 13.8 Å². The first-order chi connectivity index (χ1) is 5.77. The zero-order valence-corrected chi connectivity index (χ0v) is 11.6. The number of anilines is 1. The van der Waals surface area contributed by atoms with Crippen molar-refractivity contribution in [2.45, 2.75) is 13.8 Å². The molecule has 0 fully saturated rings. The topological polar surface area (TPSA) is 3.24 Å². The fourth-order valence-electron chi connectivity index (χ4n) is 1.17. The Labute approximate surface area is 112 Å². The van der Waals surface area contributed by atoms with Crippen molar-refractivity contribution in [1.29, 1.82) is 0 Å². The van der Waals surface area contributed by atoms with Gasteiger partial charge in [0.05, 0.1) is 0 Å². The molecule has 0 unspecified atom stereocenters. The summed E-state index contributed by atoms with van der Waals surface area (Å²) in [6.07, 6.45) is 0. The third-order valence-electron chi connectivity index (χ3n) is 1.85. The van der Waals surface area contributed by atoms with Crippen LogP contribution in [0, 0.1) is 11.9 Å². The van der Waals surface area contributed by atoms with Crippen LogP contribution >= 0.6 is 0 Å². The van der Waals surface area contributed by atoms with E-state index in [1.54, 1.807) is 6.07 Å². The molecule has 0 radical (unpaired) electrons. The van der Waals surface area contributed by atoms with E-state index in [9.17, 15) is 4.39 Å². The number of benzene rings is 1. The fraction of sp³-hybridized carbons (Fsp3) is 0.400. The Morgan fingerprint density at radius 1 is 1.36 bits per heavy atom. The Bertz CT molecular complexity index is 254. The van der Waals surface area contributed by atoms with Gasteiger partial charge in [-0.25, -0.2) is 4.39 Å². The van der Waals surface area contributed by atoms with Gasteiger partial charge < -0.3 is 21.9 Å². The molecule has 0 heterocycles. The first-order valence-electron chi connectivity index (χ1n) is 4.20. The summed E-state index contributed by atoms with van der Waals surface area (Å²) in [5, 5.41) is 0. The Morgan fingerprint density at radius 3 is 2.36 bits per heavy atom. The van der Waals surface area contributed by atoms with E-state index in [1.165, 1.54) is 12.1 Å². The molecule has 1 nitrogen and oxygen atoms in total. The smallest absolute Gasteiger partial charge is 1.00 e. The number of nitrogens with zero attached hydrogens (tertiary/aromatic N) is 1. The van der Waals surface area contributed by atoms with Crippen molar-refractivity contribution in [2.24, 2.45) is 0 Å². The third-order valence-corrected chi connectivity index (χ3v) is 1.85. The first-order valence-corrected chi connectivity index (χ1v) is 4.20. The number of hydrogen-bond acceptors (Lipinski definition) is 1. The Kier molecular flexibility index (Phi) is 10.1. The largest absolute Gasteiger partial charge is 2.00 e. The van der Waals surface area contributed by atoms with Crippen LogP contribution in [0.2, 0.25) is 0 Å². The summed E-state index contributed by atoms with van der Waals surface area (Å²) in [5.41, 5.74) is 0.833. The van der Waals surface area contributed by atoms with Crippen molar-refractivity contribution in [3.8, 4) is 0 Å². The zero-order chi connectivity index (χ0) is 8.97. The van der Waals surface area contributed by atoms with Crippen LogP contribution < -0.4 is 21.9 Å². The molecule has 0 N–H and O–H groups in total. The Morgan fingerprint density at radius 2 is 1.93 bits per heavy atom. The van der Waals surface area contributed by atoms with Gasteiger partial charge >= 0.3 is 23.1 Å². The second-order valence-corrected chi connectivity index (χ2v) is 2.56. The molecule has 0 bridgehead atoms. The molecule has 0 aliphatic carbocycles. The Hall–Kier alpha value is 0.196. The van der Waals surface area contributed by atoms with Crippen molar-refractivity contribution in [3.63, 3.8) is 0 Å². The molecule has 0 saturated heterocycles. The second-order valence-electron chi connectivity index (χ2n) is 2.56. The summed E-state index contributed by atoms with van der Waals surface area (Å²) in [7, 11) is 0. The molecule has 0 aliphatic rings. The molecule has 0 amide bonds. The first kappa shape index (κ1) is 16.6. The minimum Gasteiger partial charge on any atom is -1.00 e. The molecule has 0 saturated carbocycles. The van der Waals surface area contributed by atoms with Crippen LogP contribution in [0.1, 0.15) is 13.8 Å². The van der Waals surface area contributed by atoms with Crippen LogP contribution in [-0.2, 0) is 0 Å². The van der Waals surface area contributed by atoms with Crippen molar-refractivity contribution in [2.75, 3.05) is 18.0 Å². The van der Waals surface area contributed by atoms with Crippen LogP contribution in [0.25, 0.3) is 0 Å². The summed E-state index contributed by atoms with van der Waals surface area (Å²) in [5.74, 6) is -0.198. The van der Waals surface area contributed by atoms with Crippen LogP contribution in [0.3, 0.4) is 0 Å². The van der Waals surface area contributed by atoms with E-state index in [4.69, 9.17) is 0 Å². The number of hydrogen-bond donors (Lipinski definition) is 0. The molecule has 74 valence electrons. The van der Waals surface area contributed by atoms with Crippen molar-refractivity contribution >= 4 is 28.7 Å². The molecule has 0 spiro atoms. The molecule has 14 heavy (non-hydrogen) atoms. The predicted octanol–water partition coefficient (Wildman–Crippen LogP) is -0.905. The molecule has 0 atom stereocenters. The minimum absolute atomic E-state index is 0. The minimum atomic E-state index is -0.198. The van der Waals surface area contributed by atoms with Crippen molar-refractivity contribution in [1.82, 2.24) is 0 Å². The maximum atomic E-state index is 12.8. The average Bonchev–Trinajstić information content (AvgIpc) is 2.07. The van der Waals surface area contributed by atoms with E-state index in [0.717, 1.165) is 18.8 Å². The summed E-state index contributed by atoms with van der Waals surface area (Å²) in [6, 6.07) is 7.53. The molecular weight excluding hydrogens is 257 g/mol. The molecule has 4 heteroatoms. The van der Waals surface area contributed by atoms with Crippen molar-refractivity contribution < 1.29 is 21.4 Å². The molecule has 0 aromatic heterocycles. The zero-order valence-electron chi connectivity index (χ0n) is 8.56. The van der Waals surface area contributed by atoms with Gasteiger partial charge in [-0.15, -0.1) is 12.1 Å². The quantitative estimate of drug-likeness (QED) is 0.508. The number of rotatable bonds is 3. The Balaban J connectivity index is 0.